The molecule has 0 aliphatic carbocycles. The van der Waals surface area contributed by atoms with Crippen LogP contribution in [0.1, 0.15) is 31.9 Å². The summed E-state index contributed by atoms with van der Waals surface area (Å²) in [5.74, 6) is 0.532. The van der Waals surface area contributed by atoms with E-state index in [1.54, 1.807) is 12.1 Å². The fraction of sp³-hybridized carbons (Fsp3) is 0.600. The number of nitrogens with one attached hydrogen (secondary N) is 1. The summed E-state index contributed by atoms with van der Waals surface area (Å²) in [6.45, 7) is 5.96. The van der Waals surface area contributed by atoms with Gasteiger partial charge in [0.15, 0.2) is 11.6 Å². The molecule has 0 radical (unpaired) electrons. The van der Waals surface area contributed by atoms with Crippen LogP contribution in [-0.2, 0) is 4.74 Å². The first kappa shape index (κ1) is 14.3. The van der Waals surface area contributed by atoms with Gasteiger partial charge in [0.2, 0.25) is 0 Å². The van der Waals surface area contributed by atoms with Crippen molar-refractivity contribution in [2.45, 2.75) is 32.4 Å². The van der Waals surface area contributed by atoms with E-state index in [-0.39, 0.29) is 11.9 Å². The van der Waals surface area contributed by atoms with E-state index in [2.05, 4.69) is 19.2 Å². The molecule has 1 aromatic rings. The van der Waals surface area contributed by atoms with Crippen molar-refractivity contribution in [3.63, 3.8) is 0 Å². The van der Waals surface area contributed by atoms with Crippen LogP contribution in [0.4, 0.5) is 4.39 Å². The highest BCUT2D eigenvalue weighted by Gasteiger charge is 2.24. The molecule has 3 nitrogen and oxygen atoms in total. The molecule has 0 spiro atoms. The summed E-state index contributed by atoms with van der Waals surface area (Å²) in [5.41, 5.74) is 1.03. The van der Waals surface area contributed by atoms with Crippen LogP contribution in [0.3, 0.4) is 0 Å². The first-order chi connectivity index (χ1) is 9.11. The lowest BCUT2D eigenvalue weighted by Crippen LogP contribution is -2.29. The minimum Gasteiger partial charge on any atom is -0.494 e. The van der Waals surface area contributed by atoms with Crippen LogP contribution in [0.25, 0.3) is 0 Å². The molecule has 19 heavy (non-hydrogen) atoms. The second-order valence-electron chi connectivity index (χ2n) is 5.15. The summed E-state index contributed by atoms with van der Waals surface area (Å²) in [4.78, 5) is 0. The molecule has 1 aliphatic heterocycles. The lowest BCUT2D eigenvalue weighted by atomic mass is 10.0. The predicted octanol–water partition coefficient (Wildman–Crippen LogP) is 2.91. The fourth-order valence-corrected chi connectivity index (χ4v) is 2.44. The second kappa shape index (κ2) is 6.35. The lowest BCUT2D eigenvalue weighted by molar-refractivity contribution is 0.105. The maximum Gasteiger partial charge on any atom is 0.165 e. The molecule has 2 rings (SSSR count). The Hall–Kier alpha value is -1.13. The summed E-state index contributed by atoms with van der Waals surface area (Å²) < 4.78 is 23.9. The quantitative estimate of drug-likeness (QED) is 0.889. The molecule has 3 atom stereocenters. The highest BCUT2D eigenvalue weighted by Crippen LogP contribution is 2.24. The van der Waals surface area contributed by atoms with Crippen LogP contribution >= 0.6 is 0 Å². The Morgan fingerprint density at radius 3 is 2.95 bits per heavy atom. The number of halogens is 1. The Morgan fingerprint density at radius 2 is 2.32 bits per heavy atom. The van der Waals surface area contributed by atoms with Gasteiger partial charge in [-0.25, -0.2) is 4.39 Å². The van der Waals surface area contributed by atoms with Gasteiger partial charge in [-0.15, -0.1) is 0 Å². The van der Waals surface area contributed by atoms with Crippen LogP contribution in [0.2, 0.25) is 0 Å². The van der Waals surface area contributed by atoms with E-state index < -0.39 is 0 Å². The van der Waals surface area contributed by atoms with Crippen molar-refractivity contribution in [1.29, 1.82) is 0 Å². The topological polar surface area (TPSA) is 30.5 Å². The smallest absolute Gasteiger partial charge is 0.165 e. The van der Waals surface area contributed by atoms with Gasteiger partial charge in [0.1, 0.15) is 0 Å². The van der Waals surface area contributed by atoms with Gasteiger partial charge in [0.05, 0.1) is 13.2 Å². The molecule has 106 valence electrons. The summed E-state index contributed by atoms with van der Waals surface area (Å²) in [6.07, 6.45) is 1.43. The highest BCUT2D eigenvalue weighted by molar-refractivity contribution is 5.31. The summed E-state index contributed by atoms with van der Waals surface area (Å²) in [7, 11) is 1.48. The lowest BCUT2D eigenvalue weighted by Gasteiger charge is -2.20. The zero-order chi connectivity index (χ0) is 13.8. The Morgan fingerprint density at radius 1 is 1.53 bits per heavy atom. The van der Waals surface area contributed by atoms with Gasteiger partial charge in [0.25, 0.3) is 0 Å². The maximum absolute atomic E-state index is 13.4. The normalized spacial score (nSPS) is 24.4. The molecule has 0 saturated carbocycles. The van der Waals surface area contributed by atoms with Gasteiger partial charge < -0.3 is 14.8 Å². The number of rotatable bonds is 5. The fourth-order valence-electron chi connectivity index (χ4n) is 2.44. The maximum atomic E-state index is 13.4. The minimum atomic E-state index is -0.323. The number of ether oxygens (including phenoxy) is 2. The number of benzene rings is 1. The Kier molecular flexibility index (Phi) is 4.77. The van der Waals surface area contributed by atoms with E-state index in [1.807, 2.05) is 0 Å². The third-order valence-corrected chi connectivity index (χ3v) is 3.89. The van der Waals surface area contributed by atoms with Crippen LogP contribution in [0.15, 0.2) is 18.2 Å². The largest absolute Gasteiger partial charge is 0.494 e. The molecule has 1 aromatic carbocycles. The molecule has 1 heterocycles. The third-order valence-electron chi connectivity index (χ3n) is 3.89. The molecule has 1 N–H and O–H groups in total. The van der Waals surface area contributed by atoms with Crippen molar-refractivity contribution in [3.8, 4) is 5.75 Å². The average molecular weight is 267 g/mol. The van der Waals surface area contributed by atoms with Crippen molar-refractivity contribution >= 4 is 0 Å². The predicted molar refractivity (Wildman–Crippen MR) is 72.9 cm³/mol. The molecule has 1 fully saturated rings. The van der Waals surface area contributed by atoms with Gasteiger partial charge in [0, 0.05) is 19.2 Å². The van der Waals surface area contributed by atoms with E-state index in [1.165, 1.54) is 13.2 Å². The van der Waals surface area contributed by atoms with Gasteiger partial charge in [-0.1, -0.05) is 6.07 Å². The SMILES string of the molecule is COc1cc(C(C)NCC2CCOC2C)ccc1F. The van der Waals surface area contributed by atoms with Crippen LogP contribution < -0.4 is 10.1 Å². The van der Waals surface area contributed by atoms with E-state index >= 15 is 0 Å². The number of hydrogen-bond donors (Lipinski definition) is 1. The molecule has 0 bridgehead atoms. The summed E-state index contributed by atoms with van der Waals surface area (Å²) >= 11 is 0. The first-order valence-electron chi connectivity index (χ1n) is 6.80. The highest BCUT2D eigenvalue weighted by atomic mass is 19.1. The molecular formula is C15H22FNO2. The minimum absolute atomic E-state index is 0.169. The van der Waals surface area contributed by atoms with E-state index in [0.29, 0.717) is 17.8 Å². The van der Waals surface area contributed by atoms with Gasteiger partial charge in [-0.05, 0) is 43.9 Å². The number of hydrogen-bond acceptors (Lipinski definition) is 3. The molecule has 0 amide bonds. The first-order valence-corrected chi connectivity index (χ1v) is 6.80. The van der Waals surface area contributed by atoms with Crippen LogP contribution in [0.5, 0.6) is 5.75 Å². The average Bonchev–Trinajstić information content (AvgIpc) is 2.82. The van der Waals surface area contributed by atoms with E-state index in [4.69, 9.17) is 9.47 Å². The zero-order valence-corrected chi connectivity index (χ0v) is 11.8. The number of methoxy groups -OCH3 is 1. The monoisotopic (exact) mass is 267 g/mol. The Labute approximate surface area is 114 Å². The standard InChI is InChI=1S/C15H22FNO2/c1-10(17-9-13-6-7-19-11(13)2)12-4-5-14(16)15(8-12)18-3/h4-5,8,10-11,13,17H,6-7,9H2,1-3H3. The van der Waals surface area contributed by atoms with Gasteiger partial charge >= 0.3 is 0 Å². The van der Waals surface area contributed by atoms with Crippen LogP contribution in [0, 0.1) is 11.7 Å². The third kappa shape index (κ3) is 3.45. The summed E-state index contributed by atoms with van der Waals surface area (Å²) in [6, 6.07) is 5.17. The van der Waals surface area contributed by atoms with Crippen molar-refractivity contribution < 1.29 is 13.9 Å². The van der Waals surface area contributed by atoms with Crippen molar-refractivity contribution in [1.82, 2.24) is 5.32 Å². The molecule has 0 aromatic heterocycles. The Bertz CT molecular complexity index is 425. The molecule has 4 heteroatoms. The van der Waals surface area contributed by atoms with Crippen molar-refractivity contribution in [2.75, 3.05) is 20.3 Å². The second-order valence-corrected chi connectivity index (χ2v) is 5.15. The zero-order valence-electron chi connectivity index (χ0n) is 11.8. The van der Waals surface area contributed by atoms with Crippen LogP contribution in [-0.4, -0.2) is 26.4 Å². The van der Waals surface area contributed by atoms with Gasteiger partial charge in [-0.2, -0.15) is 0 Å². The van der Waals surface area contributed by atoms with Crippen molar-refractivity contribution in [3.05, 3.63) is 29.6 Å². The Balaban J connectivity index is 1.94. The molecule has 1 aliphatic rings. The van der Waals surface area contributed by atoms with Gasteiger partial charge in [-0.3, -0.25) is 0 Å². The summed E-state index contributed by atoms with van der Waals surface area (Å²) in [5, 5.41) is 3.48. The van der Waals surface area contributed by atoms with Crippen molar-refractivity contribution in [2.24, 2.45) is 5.92 Å². The molecular weight excluding hydrogens is 245 g/mol. The van der Waals surface area contributed by atoms with E-state index in [0.717, 1.165) is 25.1 Å². The molecule has 1 saturated heterocycles. The molecule has 3 unspecified atom stereocenters. The van der Waals surface area contributed by atoms with E-state index in [9.17, 15) is 4.39 Å².